The lowest BCUT2D eigenvalue weighted by molar-refractivity contribution is -0.117. The van der Waals surface area contributed by atoms with Crippen LogP contribution in [0.15, 0.2) is 18.2 Å². The summed E-state index contributed by atoms with van der Waals surface area (Å²) in [5, 5.41) is 2.83. The third kappa shape index (κ3) is 2.30. The van der Waals surface area contributed by atoms with Crippen LogP contribution in [-0.4, -0.2) is 30.7 Å². The van der Waals surface area contributed by atoms with E-state index in [0.29, 0.717) is 12.5 Å². The van der Waals surface area contributed by atoms with Gasteiger partial charge in [0.05, 0.1) is 17.2 Å². The maximum Gasteiger partial charge on any atom is 0.251 e. The molecule has 108 valence electrons. The van der Waals surface area contributed by atoms with Gasteiger partial charge in [-0.3, -0.25) is 4.79 Å². The Labute approximate surface area is 121 Å². The summed E-state index contributed by atoms with van der Waals surface area (Å²) in [6.45, 7) is 0.704. The fourth-order valence-corrected chi connectivity index (χ4v) is 3.12. The first-order valence-corrected chi connectivity index (χ1v) is 7.09. The fourth-order valence-electron chi connectivity index (χ4n) is 3.00. The Kier molecular flexibility index (Phi) is 3.67. The van der Waals surface area contributed by atoms with Crippen molar-refractivity contribution >= 4 is 17.5 Å². The average Bonchev–Trinajstić information content (AvgIpc) is 2.47. The standard InChI is InChI=1S/C14H16ClFN2O2/c15-9-4-3-7(6-10(9)16)14(19)18-12-11(17)8-2-1-5-20-13(8)12/h3-4,6,8,11-13H,1-2,5,17H2,(H,18,19). The van der Waals surface area contributed by atoms with Crippen molar-refractivity contribution in [2.45, 2.75) is 31.0 Å². The van der Waals surface area contributed by atoms with E-state index in [9.17, 15) is 9.18 Å². The summed E-state index contributed by atoms with van der Waals surface area (Å²) in [4.78, 5) is 12.1. The van der Waals surface area contributed by atoms with Gasteiger partial charge in [-0.1, -0.05) is 11.6 Å². The molecule has 3 rings (SSSR count). The van der Waals surface area contributed by atoms with Gasteiger partial charge in [0.2, 0.25) is 0 Å². The highest BCUT2D eigenvalue weighted by molar-refractivity contribution is 6.30. The van der Waals surface area contributed by atoms with Gasteiger partial charge in [-0.25, -0.2) is 4.39 Å². The first kappa shape index (κ1) is 13.8. The largest absolute Gasteiger partial charge is 0.376 e. The third-order valence-electron chi connectivity index (χ3n) is 4.16. The van der Waals surface area contributed by atoms with E-state index in [1.807, 2.05) is 0 Å². The van der Waals surface area contributed by atoms with Crippen LogP contribution >= 0.6 is 11.6 Å². The molecule has 1 aromatic rings. The van der Waals surface area contributed by atoms with Gasteiger partial charge < -0.3 is 15.8 Å². The molecule has 1 aromatic carbocycles. The van der Waals surface area contributed by atoms with Crippen molar-refractivity contribution in [1.82, 2.24) is 5.32 Å². The second-order valence-electron chi connectivity index (χ2n) is 5.35. The van der Waals surface area contributed by atoms with Crippen LogP contribution in [0.2, 0.25) is 5.02 Å². The summed E-state index contributed by atoms with van der Waals surface area (Å²) in [7, 11) is 0. The predicted octanol–water partition coefficient (Wildman–Crippen LogP) is 1.71. The molecule has 6 heteroatoms. The molecular weight excluding hydrogens is 283 g/mol. The van der Waals surface area contributed by atoms with E-state index in [2.05, 4.69) is 5.32 Å². The molecule has 0 radical (unpaired) electrons. The lowest BCUT2D eigenvalue weighted by Crippen LogP contribution is -2.72. The van der Waals surface area contributed by atoms with E-state index < -0.39 is 5.82 Å². The molecular formula is C14H16ClFN2O2. The molecule has 0 aromatic heterocycles. The molecule has 1 heterocycles. The normalized spacial score (nSPS) is 32.1. The monoisotopic (exact) mass is 298 g/mol. The zero-order valence-corrected chi connectivity index (χ0v) is 11.6. The number of benzene rings is 1. The number of hydrogen-bond donors (Lipinski definition) is 2. The zero-order chi connectivity index (χ0) is 14.3. The van der Waals surface area contributed by atoms with Crippen LogP contribution in [0.4, 0.5) is 4.39 Å². The van der Waals surface area contributed by atoms with Crippen LogP contribution in [0, 0.1) is 11.7 Å². The number of amides is 1. The summed E-state index contributed by atoms with van der Waals surface area (Å²) >= 11 is 5.60. The molecule has 2 fully saturated rings. The quantitative estimate of drug-likeness (QED) is 0.874. The summed E-state index contributed by atoms with van der Waals surface area (Å²) < 4.78 is 19.0. The number of ether oxygens (including phenoxy) is 1. The number of carbonyl (C=O) groups is 1. The second kappa shape index (κ2) is 5.31. The van der Waals surface area contributed by atoms with Gasteiger partial charge in [-0.15, -0.1) is 0 Å². The van der Waals surface area contributed by atoms with Crippen molar-refractivity contribution in [1.29, 1.82) is 0 Å². The smallest absolute Gasteiger partial charge is 0.251 e. The van der Waals surface area contributed by atoms with Crippen molar-refractivity contribution in [2.75, 3.05) is 6.61 Å². The summed E-state index contributed by atoms with van der Waals surface area (Å²) in [5.74, 6) is -0.645. The number of carbonyl (C=O) groups excluding carboxylic acids is 1. The molecule has 1 aliphatic heterocycles. The van der Waals surface area contributed by atoms with Gasteiger partial charge in [0.25, 0.3) is 5.91 Å². The first-order chi connectivity index (χ1) is 9.58. The molecule has 0 bridgehead atoms. The summed E-state index contributed by atoms with van der Waals surface area (Å²) in [6.07, 6.45) is 2.03. The maximum atomic E-state index is 13.4. The van der Waals surface area contributed by atoms with Gasteiger partial charge >= 0.3 is 0 Å². The molecule has 1 aliphatic carbocycles. The SMILES string of the molecule is NC1C2CCCOC2C1NC(=O)c1ccc(Cl)c(F)c1. The van der Waals surface area contributed by atoms with Crippen molar-refractivity contribution < 1.29 is 13.9 Å². The van der Waals surface area contributed by atoms with Crippen LogP contribution in [0.1, 0.15) is 23.2 Å². The van der Waals surface area contributed by atoms with Gasteiger partial charge in [-0.05, 0) is 31.0 Å². The molecule has 1 saturated heterocycles. The highest BCUT2D eigenvalue weighted by Gasteiger charge is 2.51. The van der Waals surface area contributed by atoms with Crippen LogP contribution < -0.4 is 11.1 Å². The minimum Gasteiger partial charge on any atom is -0.376 e. The Balaban J connectivity index is 1.68. The summed E-state index contributed by atoms with van der Waals surface area (Å²) in [6, 6.07) is 3.69. The third-order valence-corrected chi connectivity index (χ3v) is 4.46. The van der Waals surface area contributed by atoms with E-state index >= 15 is 0 Å². The Bertz CT molecular complexity index is 540. The molecule has 1 amide bonds. The molecule has 20 heavy (non-hydrogen) atoms. The molecule has 1 saturated carbocycles. The van der Waals surface area contributed by atoms with Crippen molar-refractivity contribution in [3.05, 3.63) is 34.6 Å². The lowest BCUT2D eigenvalue weighted by atomic mass is 9.68. The highest BCUT2D eigenvalue weighted by atomic mass is 35.5. The first-order valence-electron chi connectivity index (χ1n) is 6.71. The van der Waals surface area contributed by atoms with E-state index in [-0.39, 0.29) is 34.7 Å². The minimum absolute atomic E-state index is 0.00225. The predicted molar refractivity (Wildman–Crippen MR) is 73.1 cm³/mol. The number of rotatable bonds is 2. The van der Waals surface area contributed by atoms with Crippen LogP contribution in [0.25, 0.3) is 0 Å². The Hall–Kier alpha value is -1.17. The molecule has 4 unspecified atom stereocenters. The maximum absolute atomic E-state index is 13.4. The van der Waals surface area contributed by atoms with Crippen LogP contribution in [0.3, 0.4) is 0 Å². The van der Waals surface area contributed by atoms with Gasteiger partial charge in [-0.2, -0.15) is 0 Å². The number of nitrogens with one attached hydrogen (secondary N) is 1. The van der Waals surface area contributed by atoms with Crippen LogP contribution in [0.5, 0.6) is 0 Å². The minimum atomic E-state index is -0.607. The number of fused-ring (bicyclic) bond motifs is 1. The lowest BCUT2D eigenvalue weighted by Gasteiger charge is -2.52. The van der Waals surface area contributed by atoms with Crippen molar-refractivity contribution in [2.24, 2.45) is 11.7 Å². The molecule has 3 N–H and O–H groups in total. The van der Waals surface area contributed by atoms with Crippen LogP contribution in [-0.2, 0) is 4.74 Å². The Morgan fingerprint density at radius 1 is 1.50 bits per heavy atom. The molecule has 2 aliphatic rings. The number of halogens is 2. The van der Waals surface area contributed by atoms with E-state index in [1.54, 1.807) is 0 Å². The van der Waals surface area contributed by atoms with Crippen molar-refractivity contribution in [3.63, 3.8) is 0 Å². The van der Waals surface area contributed by atoms with Gasteiger partial charge in [0.1, 0.15) is 5.82 Å². The molecule has 0 spiro atoms. The Morgan fingerprint density at radius 3 is 3.05 bits per heavy atom. The van der Waals surface area contributed by atoms with E-state index in [0.717, 1.165) is 18.9 Å². The second-order valence-corrected chi connectivity index (χ2v) is 5.75. The summed E-state index contributed by atoms with van der Waals surface area (Å²) in [5.41, 5.74) is 6.30. The molecule has 4 atom stereocenters. The fraction of sp³-hybridized carbons (Fsp3) is 0.500. The highest BCUT2D eigenvalue weighted by Crippen LogP contribution is 2.37. The van der Waals surface area contributed by atoms with E-state index in [4.69, 9.17) is 22.1 Å². The van der Waals surface area contributed by atoms with Crippen molar-refractivity contribution in [3.8, 4) is 0 Å². The van der Waals surface area contributed by atoms with E-state index in [1.165, 1.54) is 12.1 Å². The zero-order valence-electron chi connectivity index (χ0n) is 10.8. The van der Waals surface area contributed by atoms with Gasteiger partial charge in [0, 0.05) is 24.1 Å². The Morgan fingerprint density at radius 2 is 2.30 bits per heavy atom. The van der Waals surface area contributed by atoms with Gasteiger partial charge in [0.15, 0.2) is 0 Å². The molecule has 4 nitrogen and oxygen atoms in total. The number of nitrogens with two attached hydrogens (primary N) is 1. The average molecular weight is 299 g/mol. The topological polar surface area (TPSA) is 64.3 Å². The number of hydrogen-bond acceptors (Lipinski definition) is 3.